The molecule has 0 bridgehead atoms. The van der Waals surface area contributed by atoms with E-state index in [1.54, 1.807) is 44.3 Å². The van der Waals surface area contributed by atoms with Gasteiger partial charge >= 0.3 is 0 Å². The summed E-state index contributed by atoms with van der Waals surface area (Å²) in [5.74, 6) is -0.954. The topological polar surface area (TPSA) is 46.3 Å². The summed E-state index contributed by atoms with van der Waals surface area (Å²) in [6.45, 7) is 1.77. The molecule has 0 aromatic heterocycles. The van der Waals surface area contributed by atoms with Gasteiger partial charge in [-0.15, -0.1) is 0 Å². The van der Waals surface area contributed by atoms with Crippen LogP contribution in [0, 0.1) is 12.7 Å². The van der Waals surface area contributed by atoms with Gasteiger partial charge in [-0.3, -0.25) is 4.79 Å². The molecule has 1 amide bonds. The SMILES string of the molecule is Cc1ccc(C(=O)N(C)c2cccc(C(N)=S)c2)c(F)c1. The third-order valence-electron chi connectivity index (χ3n) is 3.18. The van der Waals surface area contributed by atoms with Crippen molar-refractivity contribution < 1.29 is 9.18 Å². The Morgan fingerprint density at radius 3 is 2.57 bits per heavy atom. The lowest BCUT2D eigenvalue weighted by Crippen LogP contribution is -2.27. The summed E-state index contributed by atoms with van der Waals surface area (Å²) < 4.78 is 13.9. The highest BCUT2D eigenvalue weighted by Gasteiger charge is 2.17. The van der Waals surface area contributed by atoms with Gasteiger partial charge in [0.05, 0.1) is 5.56 Å². The van der Waals surface area contributed by atoms with E-state index in [-0.39, 0.29) is 10.6 Å². The molecule has 0 heterocycles. The second-order valence-corrected chi connectivity index (χ2v) is 5.20. The van der Waals surface area contributed by atoms with Crippen molar-refractivity contribution in [1.82, 2.24) is 0 Å². The lowest BCUT2D eigenvalue weighted by Gasteiger charge is -2.18. The lowest BCUT2D eigenvalue weighted by atomic mass is 10.1. The number of hydrogen-bond acceptors (Lipinski definition) is 2. The van der Waals surface area contributed by atoms with E-state index in [0.29, 0.717) is 11.3 Å². The van der Waals surface area contributed by atoms with E-state index in [1.165, 1.54) is 17.0 Å². The standard InChI is InChI=1S/C16H15FN2OS/c1-10-6-7-13(14(17)8-10)16(20)19(2)12-5-3-4-11(9-12)15(18)21/h3-9H,1-2H3,(H2,18,21). The molecule has 3 nitrogen and oxygen atoms in total. The van der Waals surface area contributed by atoms with E-state index < -0.39 is 11.7 Å². The Morgan fingerprint density at radius 1 is 1.24 bits per heavy atom. The number of carbonyl (C=O) groups is 1. The molecule has 0 saturated heterocycles. The van der Waals surface area contributed by atoms with Crippen LogP contribution in [-0.4, -0.2) is 17.9 Å². The summed E-state index contributed by atoms with van der Waals surface area (Å²) in [5, 5.41) is 0. The molecule has 0 radical (unpaired) electrons. The molecular weight excluding hydrogens is 287 g/mol. The molecule has 0 saturated carbocycles. The van der Waals surface area contributed by atoms with Crippen molar-refractivity contribution in [2.45, 2.75) is 6.92 Å². The molecular formula is C16H15FN2OS. The zero-order valence-electron chi connectivity index (χ0n) is 11.8. The molecule has 5 heteroatoms. The van der Waals surface area contributed by atoms with Gasteiger partial charge in [-0.2, -0.15) is 0 Å². The summed E-state index contributed by atoms with van der Waals surface area (Å²) in [6.07, 6.45) is 0. The second-order valence-electron chi connectivity index (χ2n) is 4.76. The maximum Gasteiger partial charge on any atom is 0.260 e. The number of amides is 1. The molecule has 0 aliphatic carbocycles. The molecule has 0 fully saturated rings. The summed E-state index contributed by atoms with van der Waals surface area (Å²) in [4.78, 5) is 14.0. The molecule has 0 spiro atoms. The average molecular weight is 302 g/mol. The van der Waals surface area contributed by atoms with Crippen LogP contribution in [-0.2, 0) is 0 Å². The van der Waals surface area contributed by atoms with Crippen molar-refractivity contribution >= 4 is 28.8 Å². The molecule has 0 unspecified atom stereocenters. The molecule has 2 aromatic carbocycles. The van der Waals surface area contributed by atoms with Crippen molar-refractivity contribution in [3.63, 3.8) is 0 Å². The predicted octanol–water partition coefficient (Wildman–Crippen LogP) is 3.04. The van der Waals surface area contributed by atoms with Crippen molar-refractivity contribution in [3.05, 3.63) is 65.0 Å². The largest absolute Gasteiger partial charge is 0.389 e. The zero-order valence-corrected chi connectivity index (χ0v) is 12.6. The summed E-state index contributed by atoms with van der Waals surface area (Å²) in [6, 6.07) is 11.5. The lowest BCUT2D eigenvalue weighted by molar-refractivity contribution is 0.0989. The fourth-order valence-electron chi connectivity index (χ4n) is 1.96. The molecule has 2 N–H and O–H groups in total. The van der Waals surface area contributed by atoms with Crippen LogP contribution in [0.5, 0.6) is 0 Å². The first-order valence-electron chi connectivity index (χ1n) is 6.34. The van der Waals surface area contributed by atoms with E-state index >= 15 is 0 Å². The molecule has 2 rings (SSSR count). The Kier molecular flexibility index (Phi) is 4.33. The number of hydrogen-bond donors (Lipinski definition) is 1. The fourth-order valence-corrected chi connectivity index (χ4v) is 2.09. The minimum atomic E-state index is -0.530. The first kappa shape index (κ1) is 15.1. The fraction of sp³-hybridized carbons (Fsp3) is 0.125. The van der Waals surface area contributed by atoms with Crippen LogP contribution in [0.3, 0.4) is 0 Å². The Hall–Kier alpha value is -2.27. The number of rotatable bonds is 3. The number of aryl methyl sites for hydroxylation is 1. The Labute approximate surface area is 128 Å². The Morgan fingerprint density at radius 2 is 1.95 bits per heavy atom. The van der Waals surface area contributed by atoms with E-state index in [1.807, 2.05) is 0 Å². The van der Waals surface area contributed by atoms with Crippen molar-refractivity contribution in [3.8, 4) is 0 Å². The number of thiocarbonyl (C=S) groups is 1. The highest BCUT2D eigenvalue weighted by atomic mass is 32.1. The summed E-state index contributed by atoms with van der Waals surface area (Å²) in [7, 11) is 1.58. The number of anilines is 1. The van der Waals surface area contributed by atoms with Gasteiger partial charge in [0.25, 0.3) is 5.91 Å². The smallest absolute Gasteiger partial charge is 0.260 e. The van der Waals surface area contributed by atoms with Crippen LogP contribution in [0.15, 0.2) is 42.5 Å². The molecule has 0 atom stereocenters. The quantitative estimate of drug-likeness (QED) is 0.886. The minimum absolute atomic E-state index is 0.0313. The highest BCUT2D eigenvalue weighted by molar-refractivity contribution is 7.80. The van der Waals surface area contributed by atoms with Crippen LogP contribution in [0.1, 0.15) is 21.5 Å². The monoisotopic (exact) mass is 302 g/mol. The van der Waals surface area contributed by atoms with Gasteiger partial charge in [-0.25, -0.2) is 4.39 Å². The van der Waals surface area contributed by atoms with Gasteiger partial charge < -0.3 is 10.6 Å². The van der Waals surface area contributed by atoms with Crippen LogP contribution in [0.25, 0.3) is 0 Å². The maximum absolute atomic E-state index is 13.9. The normalized spacial score (nSPS) is 10.2. The summed E-state index contributed by atoms with van der Waals surface area (Å²) >= 11 is 4.92. The van der Waals surface area contributed by atoms with Crippen LogP contribution >= 0.6 is 12.2 Å². The van der Waals surface area contributed by atoms with Gasteiger partial charge in [0, 0.05) is 18.3 Å². The van der Waals surface area contributed by atoms with Gasteiger partial charge in [0.2, 0.25) is 0 Å². The third kappa shape index (κ3) is 3.25. The third-order valence-corrected chi connectivity index (χ3v) is 3.41. The maximum atomic E-state index is 13.9. The van der Waals surface area contributed by atoms with Gasteiger partial charge in [-0.05, 0) is 36.8 Å². The first-order chi connectivity index (χ1) is 9.90. The van der Waals surface area contributed by atoms with Crippen molar-refractivity contribution in [2.75, 3.05) is 11.9 Å². The number of nitrogens with two attached hydrogens (primary N) is 1. The predicted molar refractivity (Wildman–Crippen MR) is 86.2 cm³/mol. The van der Waals surface area contributed by atoms with E-state index in [9.17, 15) is 9.18 Å². The zero-order chi connectivity index (χ0) is 15.6. The Bertz CT molecular complexity index is 715. The summed E-state index contributed by atoms with van der Waals surface area (Å²) in [5.41, 5.74) is 7.64. The minimum Gasteiger partial charge on any atom is -0.389 e. The average Bonchev–Trinajstić information content (AvgIpc) is 2.46. The van der Waals surface area contributed by atoms with Crippen molar-refractivity contribution in [1.29, 1.82) is 0 Å². The molecule has 0 aliphatic heterocycles. The van der Waals surface area contributed by atoms with E-state index in [2.05, 4.69) is 0 Å². The van der Waals surface area contributed by atoms with Crippen LogP contribution in [0.2, 0.25) is 0 Å². The number of nitrogens with zero attached hydrogens (tertiary/aromatic N) is 1. The van der Waals surface area contributed by atoms with Gasteiger partial charge in [-0.1, -0.05) is 30.4 Å². The van der Waals surface area contributed by atoms with Gasteiger partial charge in [0.1, 0.15) is 10.8 Å². The number of halogens is 1. The molecule has 0 aliphatic rings. The highest BCUT2D eigenvalue weighted by Crippen LogP contribution is 2.19. The number of carbonyl (C=O) groups excluding carboxylic acids is 1. The van der Waals surface area contributed by atoms with E-state index in [0.717, 1.165) is 5.56 Å². The van der Waals surface area contributed by atoms with Gasteiger partial charge in [0.15, 0.2) is 0 Å². The first-order valence-corrected chi connectivity index (χ1v) is 6.75. The van der Waals surface area contributed by atoms with Crippen LogP contribution in [0.4, 0.5) is 10.1 Å². The van der Waals surface area contributed by atoms with E-state index in [4.69, 9.17) is 18.0 Å². The van der Waals surface area contributed by atoms with Crippen LogP contribution < -0.4 is 10.6 Å². The molecule has 2 aromatic rings. The van der Waals surface area contributed by atoms with Crippen molar-refractivity contribution in [2.24, 2.45) is 5.73 Å². The second kappa shape index (κ2) is 6.01. The Balaban J connectivity index is 2.35. The molecule has 21 heavy (non-hydrogen) atoms. The number of benzene rings is 2. The molecule has 108 valence electrons.